The van der Waals surface area contributed by atoms with Crippen LogP contribution in [-0.4, -0.2) is 250 Å². The van der Waals surface area contributed by atoms with E-state index in [-0.39, 0.29) is 99.2 Å². The lowest BCUT2D eigenvalue weighted by Gasteiger charge is -2.41. The minimum atomic E-state index is -0.770. The summed E-state index contributed by atoms with van der Waals surface area (Å²) in [6.45, 7) is 34.1. The second kappa shape index (κ2) is 40.2. The van der Waals surface area contributed by atoms with E-state index in [9.17, 15) is 43.2 Å². The Kier molecular flexibility index (Phi) is 32.3. The molecule has 0 radical (unpaired) electrons. The Bertz CT molecular complexity index is 3230. The van der Waals surface area contributed by atoms with Crippen molar-refractivity contribution < 1.29 is 95.3 Å². The third-order valence-corrected chi connectivity index (χ3v) is 17.1. The molecule has 8 atom stereocenters. The molecule has 12 aliphatic heterocycles. The van der Waals surface area contributed by atoms with Crippen LogP contribution in [0.1, 0.15) is 99.8 Å². The number of imide groups is 2. The zero-order valence-electron chi connectivity index (χ0n) is 63.2. The maximum atomic E-state index is 12.9. The number of amides is 8. The highest BCUT2D eigenvalue weighted by atomic mass is 35.5. The highest BCUT2D eigenvalue weighted by molar-refractivity contribution is 6.61. The van der Waals surface area contributed by atoms with Crippen LogP contribution in [-0.2, 0) is 81.5 Å². The molecule has 105 heavy (non-hydrogen) atoms. The van der Waals surface area contributed by atoms with Gasteiger partial charge in [0, 0.05) is 139 Å². The summed E-state index contributed by atoms with van der Waals surface area (Å²) < 4.78 is 59.8. The molecule has 12 saturated heterocycles. The number of fused-ring (bicyclic) bond motifs is 24. The molecule has 0 spiro atoms. The summed E-state index contributed by atoms with van der Waals surface area (Å²) in [4.78, 5) is 119. The molecule has 8 amide bonds. The number of carbonyl (C=O) groups excluding carboxylic acids is 9. The topological polar surface area (TPSA) is 299 Å². The van der Waals surface area contributed by atoms with Crippen LogP contribution in [0.15, 0.2) is 91.0 Å². The number of carbonyl (C=O) groups is 9. The summed E-state index contributed by atoms with van der Waals surface area (Å²) in [5.74, 6) is -0.860. The van der Waals surface area contributed by atoms with E-state index in [0.717, 1.165) is 67.5 Å². The maximum absolute atomic E-state index is 12.9. The van der Waals surface area contributed by atoms with Crippen molar-refractivity contribution in [3.63, 3.8) is 0 Å². The predicted octanol–water partition coefficient (Wildman–Crippen LogP) is 10.1. The third kappa shape index (κ3) is 30.5. The summed E-state index contributed by atoms with van der Waals surface area (Å²) in [5.41, 5.74) is -0.231. The summed E-state index contributed by atoms with van der Waals surface area (Å²) in [7, 11) is 0. The third-order valence-electron chi connectivity index (χ3n) is 17.0. The van der Waals surface area contributed by atoms with Gasteiger partial charge in [-0.15, -0.1) is 0 Å². The first-order valence-corrected chi connectivity index (χ1v) is 36.5. The first-order chi connectivity index (χ1) is 49.6. The van der Waals surface area contributed by atoms with Gasteiger partial charge in [-0.25, -0.2) is 43.4 Å². The Morgan fingerprint density at radius 2 is 0.629 bits per heavy atom. The summed E-state index contributed by atoms with van der Waals surface area (Å²) in [5, 5.41) is 6.69. The standard InChI is InChI=1S/C21H28N2O6.C21H30N2O5.C13H22N2O4.C13H24N2O3.C8H7ClO2/c1-21(2,3)29-20(26)23-10-16-9-22(11-17(18(23)24)14-27-12-16)19(25)28-13-15-7-5-4-6-8-15;1-21(2,3)28-20(25)23-11-17-9-22(10-18(12-23)14-26-13-17)19(24)27-15-16-7-5-4-6-8-16;1-13(2,3)19-12(17)15-6-9-4-14-5-10(11(15)16)8-18-7-9;1-13(2,3)18-12(16)15-6-10-4-14-5-11(7-15)9-17-8-10;9-8(10)11-6-7-4-2-1-3-5-7/h4-8,16-17H,9-14H2,1-3H3;4-8,17-18H,9-15H2,1-3H3;9-10,14H,4-8H2,1-3H3;10-11,14H,4-9H2,1-3H3;1-5H,6H2. The molecular formula is C76H111ClN8O20. The van der Waals surface area contributed by atoms with Crippen molar-refractivity contribution in [2.45, 2.75) is 125 Å². The van der Waals surface area contributed by atoms with Gasteiger partial charge < -0.3 is 82.3 Å². The lowest BCUT2D eigenvalue weighted by atomic mass is 10.00. The number of hydrogen-bond acceptors (Lipinski definition) is 22. The van der Waals surface area contributed by atoms with Gasteiger partial charge in [0.1, 0.15) is 42.2 Å². The largest absolute Gasteiger partial charge is 0.449 e. The summed E-state index contributed by atoms with van der Waals surface area (Å²) in [6.07, 6.45) is -2.47. The Hall–Kier alpha value is -7.86. The van der Waals surface area contributed by atoms with E-state index in [2.05, 4.69) is 15.4 Å². The van der Waals surface area contributed by atoms with Crippen LogP contribution in [0.5, 0.6) is 0 Å². The number of nitrogens with one attached hydrogen (secondary N) is 2. The van der Waals surface area contributed by atoms with Gasteiger partial charge >= 0.3 is 42.0 Å². The van der Waals surface area contributed by atoms with Gasteiger partial charge in [-0.3, -0.25) is 9.59 Å². The van der Waals surface area contributed by atoms with Crippen LogP contribution >= 0.6 is 11.6 Å². The zero-order chi connectivity index (χ0) is 76.5. The number of halogens is 1. The fourth-order valence-electron chi connectivity index (χ4n) is 12.4. The van der Waals surface area contributed by atoms with Gasteiger partial charge in [0.15, 0.2) is 0 Å². The van der Waals surface area contributed by atoms with Crippen molar-refractivity contribution in [1.82, 2.24) is 40.0 Å². The van der Waals surface area contributed by atoms with Crippen molar-refractivity contribution >= 4 is 65.4 Å². The molecule has 8 bridgehead atoms. The van der Waals surface area contributed by atoms with Crippen molar-refractivity contribution in [3.05, 3.63) is 108 Å². The van der Waals surface area contributed by atoms with E-state index in [4.69, 9.17) is 59.0 Å². The highest BCUT2D eigenvalue weighted by Gasteiger charge is 2.43. The van der Waals surface area contributed by atoms with Crippen LogP contribution in [0.3, 0.4) is 0 Å². The van der Waals surface area contributed by atoms with Crippen molar-refractivity contribution in [2.75, 3.05) is 144 Å². The Labute approximate surface area is 622 Å². The molecule has 12 aliphatic rings. The van der Waals surface area contributed by atoms with E-state index in [1.807, 2.05) is 137 Å². The molecule has 12 heterocycles. The first kappa shape index (κ1) is 84.4. The molecular weight excluding hydrogens is 1380 g/mol. The molecule has 2 N–H and O–H groups in total. The van der Waals surface area contributed by atoms with E-state index in [1.54, 1.807) is 56.2 Å². The highest BCUT2D eigenvalue weighted by Crippen LogP contribution is 2.27. The van der Waals surface area contributed by atoms with Crippen molar-refractivity contribution in [1.29, 1.82) is 0 Å². The molecule has 12 fully saturated rings. The first-order valence-electron chi connectivity index (χ1n) is 36.2. The van der Waals surface area contributed by atoms with Crippen LogP contribution in [0.4, 0.5) is 33.6 Å². The predicted molar refractivity (Wildman–Crippen MR) is 387 cm³/mol. The van der Waals surface area contributed by atoms with Crippen molar-refractivity contribution in [3.8, 4) is 0 Å². The summed E-state index contributed by atoms with van der Waals surface area (Å²) >= 11 is 4.97. The van der Waals surface area contributed by atoms with E-state index in [0.29, 0.717) is 90.7 Å². The van der Waals surface area contributed by atoms with E-state index >= 15 is 0 Å². The summed E-state index contributed by atoms with van der Waals surface area (Å²) in [6, 6.07) is 28.4. The molecule has 28 nitrogen and oxygen atoms in total. The van der Waals surface area contributed by atoms with Gasteiger partial charge in [0.05, 0.1) is 64.7 Å². The Morgan fingerprint density at radius 3 is 1.01 bits per heavy atom. The molecule has 0 aliphatic carbocycles. The molecule has 3 aromatic carbocycles. The monoisotopic (exact) mass is 1490 g/mol. The van der Waals surface area contributed by atoms with Gasteiger partial charge in [0.2, 0.25) is 11.8 Å². The second-order valence-electron chi connectivity index (χ2n) is 31.6. The smallest absolute Gasteiger partial charge is 0.417 e. The molecule has 29 heteroatoms. The Morgan fingerprint density at radius 1 is 0.352 bits per heavy atom. The van der Waals surface area contributed by atoms with Gasteiger partial charge in [-0.2, -0.15) is 0 Å². The maximum Gasteiger partial charge on any atom is 0.417 e. The number of ether oxygens (including phenoxy) is 11. The number of nitrogens with zero attached hydrogens (tertiary/aromatic N) is 6. The molecule has 582 valence electrons. The second-order valence-corrected chi connectivity index (χ2v) is 31.9. The minimum Gasteiger partial charge on any atom is -0.449 e. The van der Waals surface area contributed by atoms with E-state index < -0.39 is 52.0 Å². The molecule has 15 rings (SSSR count). The van der Waals surface area contributed by atoms with E-state index in [1.165, 1.54) is 4.90 Å². The number of hydrogen-bond donors (Lipinski definition) is 2. The fourth-order valence-corrected chi connectivity index (χ4v) is 12.4. The lowest BCUT2D eigenvalue weighted by Crippen LogP contribution is -2.56. The zero-order valence-corrected chi connectivity index (χ0v) is 63.9. The molecule has 8 unspecified atom stereocenters. The number of rotatable bonds is 6. The molecule has 0 aromatic heterocycles. The van der Waals surface area contributed by atoms with Crippen LogP contribution in [0, 0.1) is 47.3 Å². The molecule has 0 saturated carbocycles. The van der Waals surface area contributed by atoms with Gasteiger partial charge in [-0.05, 0) is 99.8 Å². The van der Waals surface area contributed by atoms with Gasteiger partial charge in [0.25, 0.3) is 0 Å². The average Bonchev–Trinajstić information content (AvgIpc) is 0.815. The Balaban J connectivity index is 0.000000189. The minimum absolute atomic E-state index is 0.0260. The van der Waals surface area contributed by atoms with Crippen LogP contribution < -0.4 is 10.6 Å². The normalized spacial score (nSPS) is 23.5. The number of benzene rings is 3. The van der Waals surface area contributed by atoms with Crippen LogP contribution in [0.25, 0.3) is 0 Å². The quantitative estimate of drug-likeness (QED) is 0.171. The fraction of sp³-hybridized carbons (Fsp3) is 0.645. The average molecular weight is 1490 g/mol. The van der Waals surface area contributed by atoms with Crippen LogP contribution in [0.2, 0.25) is 0 Å². The van der Waals surface area contributed by atoms with Gasteiger partial charge in [-0.1, -0.05) is 91.0 Å². The van der Waals surface area contributed by atoms with Crippen molar-refractivity contribution in [2.24, 2.45) is 47.3 Å². The lowest BCUT2D eigenvalue weighted by molar-refractivity contribution is -0.144. The SMILES string of the molecule is CC(C)(C)OC(=O)N1CC2CNCC(COC2)C1.CC(C)(C)OC(=O)N1CC2CNCC(COC2)C1=O.CC(C)(C)OC(=O)N1CC2COCC(CN(C(=O)OCc3ccccc3)C2)C1.CC(C)(C)OC(=O)N1CC2COCC(CN(C(=O)OCc3ccccc3)C2)C1=O.O=C(Cl)OCc1ccccc1. The molecule has 3 aromatic rings.